The van der Waals surface area contributed by atoms with E-state index in [1.54, 1.807) is 19.2 Å². The van der Waals surface area contributed by atoms with Gasteiger partial charge >= 0.3 is 11.8 Å². The average Bonchev–Trinajstić information content (AvgIpc) is 2.37. The van der Waals surface area contributed by atoms with Crippen molar-refractivity contribution in [3.63, 3.8) is 0 Å². The number of carbonyl (C=O) groups excluding carboxylic acids is 2. The Bertz CT molecular complexity index is 527. The van der Waals surface area contributed by atoms with Crippen LogP contribution in [0.2, 0.25) is 0 Å². The molecular formula is C12H13BrN4O2. The number of rotatable bonds is 3. The van der Waals surface area contributed by atoms with Crippen LogP contribution in [0.5, 0.6) is 0 Å². The van der Waals surface area contributed by atoms with E-state index in [9.17, 15) is 9.59 Å². The second-order valence-electron chi connectivity index (χ2n) is 3.97. The van der Waals surface area contributed by atoms with Crippen molar-refractivity contribution in [2.75, 3.05) is 12.4 Å². The Morgan fingerprint density at radius 3 is 2.84 bits per heavy atom. The Labute approximate surface area is 119 Å². The van der Waals surface area contributed by atoms with Gasteiger partial charge in [-0.1, -0.05) is 0 Å². The topological polar surface area (TPSA) is 86.1 Å². The first-order valence-electron chi connectivity index (χ1n) is 5.51. The average molecular weight is 325 g/mol. The van der Waals surface area contributed by atoms with Gasteiger partial charge in [-0.25, -0.2) is 0 Å². The quantitative estimate of drug-likeness (QED) is 0.854. The Kier molecular flexibility index (Phi) is 5.45. The fraction of sp³-hybridized carbons (Fsp3) is 0.333. The van der Waals surface area contributed by atoms with Crippen molar-refractivity contribution in [2.45, 2.75) is 19.4 Å². The molecule has 0 aromatic carbocycles. The van der Waals surface area contributed by atoms with Crippen LogP contribution in [0.4, 0.5) is 5.69 Å². The van der Waals surface area contributed by atoms with Crippen LogP contribution >= 0.6 is 15.9 Å². The molecular weight excluding hydrogens is 312 g/mol. The van der Waals surface area contributed by atoms with Gasteiger partial charge < -0.3 is 10.2 Å². The largest absolute Gasteiger partial charge is 0.334 e. The molecule has 0 aliphatic heterocycles. The van der Waals surface area contributed by atoms with Crippen LogP contribution in [-0.4, -0.2) is 34.8 Å². The van der Waals surface area contributed by atoms with Crippen molar-refractivity contribution >= 4 is 33.4 Å². The van der Waals surface area contributed by atoms with E-state index >= 15 is 0 Å². The van der Waals surface area contributed by atoms with Crippen molar-refractivity contribution in [2.24, 2.45) is 0 Å². The molecule has 1 aromatic rings. The Hall–Kier alpha value is -1.94. The molecule has 1 aromatic heterocycles. The van der Waals surface area contributed by atoms with Crippen LogP contribution in [0.25, 0.3) is 0 Å². The van der Waals surface area contributed by atoms with Gasteiger partial charge in [0.2, 0.25) is 0 Å². The lowest BCUT2D eigenvalue weighted by Crippen LogP contribution is -2.42. The molecule has 0 aliphatic rings. The number of anilines is 1. The van der Waals surface area contributed by atoms with Crippen LogP contribution in [0.15, 0.2) is 22.9 Å². The third-order valence-electron chi connectivity index (χ3n) is 2.53. The zero-order valence-electron chi connectivity index (χ0n) is 10.6. The van der Waals surface area contributed by atoms with Gasteiger partial charge in [0.05, 0.1) is 24.4 Å². The minimum atomic E-state index is -0.757. The molecule has 1 N–H and O–H groups in total. The van der Waals surface area contributed by atoms with Gasteiger partial charge in [0.25, 0.3) is 0 Å². The van der Waals surface area contributed by atoms with Gasteiger partial charge in [-0.3, -0.25) is 14.6 Å². The standard InChI is InChI=1S/C12H13BrN4O2/c1-8(3-4-14)17(2)12(19)11(18)16-10-5-9(13)6-15-7-10/h5-8H,3H2,1-2H3,(H,16,18)/t8-/m1/s1. The Morgan fingerprint density at radius 2 is 2.26 bits per heavy atom. The number of hydrogen-bond acceptors (Lipinski definition) is 4. The monoisotopic (exact) mass is 324 g/mol. The smallest absolute Gasteiger partial charge is 0.313 e. The molecule has 7 heteroatoms. The van der Waals surface area contributed by atoms with Crippen LogP contribution < -0.4 is 5.32 Å². The molecule has 0 bridgehead atoms. The third-order valence-corrected chi connectivity index (χ3v) is 2.96. The van der Waals surface area contributed by atoms with Gasteiger partial charge in [-0.15, -0.1) is 0 Å². The van der Waals surface area contributed by atoms with Crippen molar-refractivity contribution in [1.82, 2.24) is 9.88 Å². The van der Waals surface area contributed by atoms with Gasteiger partial charge in [-0.05, 0) is 28.9 Å². The predicted octanol–water partition coefficient (Wildman–Crippen LogP) is 1.54. The fourth-order valence-corrected chi connectivity index (χ4v) is 1.66. The molecule has 1 heterocycles. The maximum absolute atomic E-state index is 11.8. The predicted molar refractivity (Wildman–Crippen MR) is 73.0 cm³/mol. The maximum Gasteiger partial charge on any atom is 0.313 e. The lowest BCUT2D eigenvalue weighted by atomic mass is 10.2. The first-order valence-corrected chi connectivity index (χ1v) is 6.30. The summed E-state index contributed by atoms with van der Waals surface area (Å²) in [5.41, 5.74) is 0.425. The summed E-state index contributed by atoms with van der Waals surface area (Å²) in [6.07, 6.45) is 3.18. The molecule has 1 rings (SSSR count). The highest BCUT2D eigenvalue weighted by Gasteiger charge is 2.22. The fourth-order valence-electron chi connectivity index (χ4n) is 1.29. The van der Waals surface area contributed by atoms with E-state index < -0.39 is 11.8 Å². The van der Waals surface area contributed by atoms with Crippen molar-refractivity contribution < 1.29 is 9.59 Å². The highest BCUT2D eigenvalue weighted by atomic mass is 79.9. The Morgan fingerprint density at radius 1 is 1.58 bits per heavy atom. The zero-order valence-corrected chi connectivity index (χ0v) is 12.1. The number of nitriles is 1. The van der Waals surface area contributed by atoms with Crippen molar-refractivity contribution in [1.29, 1.82) is 5.26 Å². The summed E-state index contributed by atoms with van der Waals surface area (Å²) in [6.45, 7) is 1.70. The molecule has 0 spiro atoms. The second kappa shape index (κ2) is 6.85. The van der Waals surface area contributed by atoms with Crippen LogP contribution in [0.3, 0.4) is 0 Å². The van der Waals surface area contributed by atoms with E-state index in [4.69, 9.17) is 5.26 Å². The molecule has 1 atom stereocenters. The highest BCUT2D eigenvalue weighted by Crippen LogP contribution is 2.13. The zero-order chi connectivity index (χ0) is 14.4. The number of pyridine rings is 1. The van der Waals surface area contributed by atoms with Gasteiger partial charge in [0.1, 0.15) is 0 Å². The number of nitrogens with zero attached hydrogens (tertiary/aromatic N) is 3. The number of nitrogens with one attached hydrogen (secondary N) is 1. The SMILES string of the molecule is C[C@H](CC#N)N(C)C(=O)C(=O)Nc1cncc(Br)c1. The summed E-state index contributed by atoms with van der Waals surface area (Å²) in [5, 5.41) is 11.0. The normalized spacial score (nSPS) is 11.3. The number of amides is 2. The number of carbonyl (C=O) groups is 2. The molecule has 6 nitrogen and oxygen atoms in total. The minimum absolute atomic E-state index is 0.175. The lowest BCUT2D eigenvalue weighted by Gasteiger charge is -2.22. The van der Waals surface area contributed by atoms with Gasteiger partial charge in [-0.2, -0.15) is 5.26 Å². The van der Waals surface area contributed by atoms with Crippen molar-refractivity contribution in [3.8, 4) is 6.07 Å². The third kappa shape index (κ3) is 4.34. The highest BCUT2D eigenvalue weighted by molar-refractivity contribution is 9.10. The molecule has 0 unspecified atom stereocenters. The summed E-state index contributed by atoms with van der Waals surface area (Å²) in [7, 11) is 1.49. The summed E-state index contributed by atoms with van der Waals surface area (Å²) in [4.78, 5) is 28.7. The number of likely N-dealkylation sites (N-methyl/N-ethyl adjacent to an activating group) is 1. The minimum Gasteiger partial charge on any atom is -0.334 e. The van der Waals surface area contributed by atoms with Gasteiger partial charge in [0.15, 0.2) is 0 Å². The van der Waals surface area contributed by atoms with E-state index in [0.717, 1.165) is 0 Å². The molecule has 100 valence electrons. The summed E-state index contributed by atoms with van der Waals surface area (Å²) in [6, 6.07) is 3.28. The maximum atomic E-state index is 11.8. The molecule has 0 radical (unpaired) electrons. The van der Waals surface area contributed by atoms with Crippen LogP contribution in [0, 0.1) is 11.3 Å². The molecule has 19 heavy (non-hydrogen) atoms. The molecule has 0 fully saturated rings. The van der Waals surface area contributed by atoms with E-state index in [0.29, 0.717) is 10.2 Å². The number of aromatic nitrogens is 1. The summed E-state index contributed by atoms with van der Waals surface area (Å²) >= 11 is 3.22. The molecule has 0 saturated carbocycles. The second-order valence-corrected chi connectivity index (χ2v) is 4.89. The Balaban J connectivity index is 2.68. The lowest BCUT2D eigenvalue weighted by molar-refractivity contribution is -0.143. The summed E-state index contributed by atoms with van der Waals surface area (Å²) in [5.74, 6) is -1.45. The number of halogens is 1. The van der Waals surface area contributed by atoms with E-state index in [-0.39, 0.29) is 12.5 Å². The van der Waals surface area contributed by atoms with E-state index in [1.807, 2.05) is 6.07 Å². The summed E-state index contributed by atoms with van der Waals surface area (Å²) < 4.78 is 0.698. The first kappa shape index (κ1) is 15.1. The molecule has 0 aliphatic carbocycles. The van der Waals surface area contributed by atoms with Gasteiger partial charge in [0, 0.05) is 23.8 Å². The number of hydrogen-bond donors (Lipinski definition) is 1. The van der Waals surface area contributed by atoms with Crippen LogP contribution in [0.1, 0.15) is 13.3 Å². The first-order chi connectivity index (χ1) is 8.95. The molecule has 0 saturated heterocycles. The van der Waals surface area contributed by atoms with E-state index in [2.05, 4.69) is 26.2 Å². The van der Waals surface area contributed by atoms with Crippen molar-refractivity contribution in [3.05, 3.63) is 22.9 Å². The van der Waals surface area contributed by atoms with Crippen LogP contribution in [-0.2, 0) is 9.59 Å². The molecule has 2 amide bonds. The van der Waals surface area contributed by atoms with E-state index in [1.165, 1.54) is 18.1 Å².